The van der Waals surface area contributed by atoms with Crippen molar-refractivity contribution in [1.29, 1.82) is 0 Å². The Morgan fingerprint density at radius 3 is 2.59 bits per heavy atom. The van der Waals surface area contributed by atoms with E-state index in [1.807, 2.05) is 35.4 Å². The highest BCUT2D eigenvalue weighted by atomic mass is 19.3. The van der Waals surface area contributed by atoms with E-state index in [0.29, 0.717) is 31.9 Å². The van der Waals surface area contributed by atoms with Crippen LogP contribution in [0.2, 0.25) is 0 Å². The Kier molecular flexibility index (Phi) is 6.01. The second-order valence-electron chi connectivity index (χ2n) is 7.60. The van der Waals surface area contributed by atoms with Crippen LogP contribution in [0.5, 0.6) is 0 Å². The number of hydrogen-bond acceptors (Lipinski definition) is 4. The number of halogens is 2. The molecular formula is C21H25F2N5O. The van der Waals surface area contributed by atoms with Crippen LogP contribution < -0.4 is 5.32 Å². The lowest BCUT2D eigenvalue weighted by Crippen LogP contribution is -2.49. The average molecular weight is 401 g/mol. The summed E-state index contributed by atoms with van der Waals surface area (Å²) in [7, 11) is 0. The maximum Gasteiger partial charge on any atom is 0.321 e. The molecule has 2 aliphatic heterocycles. The van der Waals surface area contributed by atoms with Gasteiger partial charge in [-0.25, -0.2) is 13.6 Å². The minimum absolute atomic E-state index is 0.117. The van der Waals surface area contributed by atoms with Crippen molar-refractivity contribution in [2.24, 2.45) is 0 Å². The van der Waals surface area contributed by atoms with Crippen molar-refractivity contribution in [3.05, 3.63) is 59.4 Å². The standard InChI is InChI=1S/C21H25F2N5O/c22-20(23)15-27-13-17-3-4-19(10-18(17)14-27)25-21(29)28-8-6-26(7-9-28)12-16-2-1-5-24-11-16/h1-5,10-11,20H,6-9,12-15H2,(H,25,29). The zero-order chi connectivity index (χ0) is 20.2. The summed E-state index contributed by atoms with van der Waals surface area (Å²) in [5.74, 6) is 0. The number of nitrogens with zero attached hydrogens (tertiary/aromatic N) is 4. The number of benzene rings is 1. The van der Waals surface area contributed by atoms with E-state index in [2.05, 4.69) is 21.3 Å². The van der Waals surface area contributed by atoms with Gasteiger partial charge in [-0.3, -0.25) is 14.8 Å². The first-order valence-corrected chi connectivity index (χ1v) is 9.86. The number of carbonyl (C=O) groups is 1. The van der Waals surface area contributed by atoms with E-state index in [1.165, 1.54) is 5.56 Å². The lowest BCUT2D eigenvalue weighted by molar-refractivity contribution is 0.0873. The SMILES string of the molecule is O=C(Nc1ccc2c(c1)CN(CC(F)F)C2)N1CCN(Cc2cccnc2)CC1. The highest BCUT2D eigenvalue weighted by Crippen LogP contribution is 2.26. The molecular weight excluding hydrogens is 376 g/mol. The molecule has 8 heteroatoms. The summed E-state index contributed by atoms with van der Waals surface area (Å²) in [6, 6.07) is 9.54. The number of aromatic nitrogens is 1. The first-order valence-electron chi connectivity index (χ1n) is 9.86. The molecule has 29 heavy (non-hydrogen) atoms. The van der Waals surface area contributed by atoms with Gasteiger partial charge in [0, 0.05) is 63.9 Å². The summed E-state index contributed by atoms with van der Waals surface area (Å²) in [6.45, 7) is 4.61. The predicted molar refractivity (Wildman–Crippen MR) is 107 cm³/mol. The Morgan fingerprint density at radius 2 is 1.86 bits per heavy atom. The van der Waals surface area contributed by atoms with Gasteiger partial charge in [0.05, 0.1) is 6.54 Å². The van der Waals surface area contributed by atoms with E-state index in [9.17, 15) is 13.6 Å². The second kappa shape index (κ2) is 8.84. The van der Waals surface area contributed by atoms with Gasteiger partial charge in [0.2, 0.25) is 0 Å². The molecule has 1 saturated heterocycles. The molecule has 1 N–H and O–H groups in total. The number of hydrogen-bond donors (Lipinski definition) is 1. The molecule has 0 bridgehead atoms. The summed E-state index contributed by atoms with van der Waals surface area (Å²) in [6.07, 6.45) is 1.30. The number of amides is 2. The van der Waals surface area contributed by atoms with E-state index >= 15 is 0 Å². The van der Waals surface area contributed by atoms with Gasteiger partial charge in [0.1, 0.15) is 0 Å². The fourth-order valence-corrected chi connectivity index (χ4v) is 3.93. The monoisotopic (exact) mass is 401 g/mol. The van der Waals surface area contributed by atoms with Crippen LogP contribution in [0.15, 0.2) is 42.7 Å². The summed E-state index contributed by atoms with van der Waals surface area (Å²) >= 11 is 0. The van der Waals surface area contributed by atoms with Gasteiger partial charge in [0.25, 0.3) is 6.43 Å². The number of fused-ring (bicyclic) bond motifs is 1. The van der Waals surface area contributed by atoms with E-state index in [-0.39, 0.29) is 12.6 Å². The molecule has 2 aliphatic rings. The summed E-state index contributed by atoms with van der Waals surface area (Å²) in [4.78, 5) is 22.6. The molecule has 2 aromatic rings. The third kappa shape index (κ3) is 5.07. The Morgan fingerprint density at radius 1 is 1.07 bits per heavy atom. The Balaban J connectivity index is 1.28. The van der Waals surface area contributed by atoms with Crippen LogP contribution in [-0.4, -0.2) is 64.9 Å². The third-order valence-corrected chi connectivity index (χ3v) is 5.43. The van der Waals surface area contributed by atoms with Gasteiger partial charge in [0.15, 0.2) is 0 Å². The fraction of sp³-hybridized carbons (Fsp3) is 0.429. The zero-order valence-corrected chi connectivity index (χ0v) is 16.2. The number of anilines is 1. The van der Waals surface area contributed by atoms with Gasteiger partial charge in [-0.1, -0.05) is 12.1 Å². The minimum atomic E-state index is -2.33. The molecule has 0 atom stereocenters. The molecule has 3 heterocycles. The van der Waals surface area contributed by atoms with Crippen molar-refractivity contribution in [3.63, 3.8) is 0 Å². The van der Waals surface area contributed by atoms with E-state index in [0.717, 1.165) is 30.8 Å². The lowest BCUT2D eigenvalue weighted by Gasteiger charge is -2.34. The van der Waals surface area contributed by atoms with E-state index < -0.39 is 6.43 Å². The largest absolute Gasteiger partial charge is 0.322 e. The molecule has 2 amide bonds. The van der Waals surface area contributed by atoms with Gasteiger partial charge < -0.3 is 10.2 Å². The molecule has 1 aromatic carbocycles. The number of nitrogens with one attached hydrogen (secondary N) is 1. The molecule has 0 radical (unpaired) electrons. The van der Waals surface area contributed by atoms with Crippen LogP contribution in [0.25, 0.3) is 0 Å². The molecule has 0 unspecified atom stereocenters. The fourth-order valence-electron chi connectivity index (χ4n) is 3.93. The summed E-state index contributed by atoms with van der Waals surface area (Å²) < 4.78 is 25.2. The summed E-state index contributed by atoms with van der Waals surface area (Å²) in [5.41, 5.74) is 3.94. The minimum Gasteiger partial charge on any atom is -0.322 e. The number of rotatable bonds is 5. The van der Waals surface area contributed by atoms with Gasteiger partial charge in [-0.2, -0.15) is 0 Å². The molecule has 4 rings (SSSR count). The highest BCUT2D eigenvalue weighted by molar-refractivity contribution is 5.89. The average Bonchev–Trinajstić information content (AvgIpc) is 3.10. The van der Waals surface area contributed by atoms with Gasteiger partial charge in [-0.15, -0.1) is 0 Å². The normalized spacial score (nSPS) is 17.6. The number of carbonyl (C=O) groups excluding carboxylic acids is 1. The molecule has 154 valence electrons. The van der Waals surface area contributed by atoms with E-state index in [4.69, 9.17) is 0 Å². The van der Waals surface area contributed by atoms with Gasteiger partial charge in [-0.05, 0) is 34.9 Å². The predicted octanol–water partition coefficient (Wildman–Crippen LogP) is 3.01. The van der Waals surface area contributed by atoms with E-state index in [1.54, 1.807) is 11.1 Å². The number of urea groups is 1. The van der Waals surface area contributed by atoms with Crippen LogP contribution in [0.4, 0.5) is 19.3 Å². The maximum atomic E-state index is 12.6. The molecule has 1 fully saturated rings. The smallest absolute Gasteiger partial charge is 0.321 e. The molecule has 1 aromatic heterocycles. The molecule has 0 saturated carbocycles. The Bertz CT molecular complexity index is 840. The van der Waals surface area contributed by atoms with Crippen LogP contribution in [-0.2, 0) is 19.6 Å². The van der Waals surface area contributed by atoms with Crippen molar-refractivity contribution in [2.75, 3.05) is 38.0 Å². The quantitative estimate of drug-likeness (QED) is 0.837. The first-order chi connectivity index (χ1) is 14.1. The van der Waals surface area contributed by atoms with Crippen LogP contribution in [0, 0.1) is 0 Å². The van der Waals surface area contributed by atoms with Crippen molar-refractivity contribution in [2.45, 2.75) is 26.1 Å². The van der Waals surface area contributed by atoms with Crippen molar-refractivity contribution >= 4 is 11.7 Å². The Labute approximate surface area is 169 Å². The number of alkyl halides is 2. The van der Waals surface area contributed by atoms with Crippen LogP contribution in [0.3, 0.4) is 0 Å². The molecule has 6 nitrogen and oxygen atoms in total. The maximum absolute atomic E-state index is 12.6. The van der Waals surface area contributed by atoms with Crippen LogP contribution >= 0.6 is 0 Å². The van der Waals surface area contributed by atoms with Crippen molar-refractivity contribution in [3.8, 4) is 0 Å². The van der Waals surface area contributed by atoms with Crippen molar-refractivity contribution < 1.29 is 13.6 Å². The van der Waals surface area contributed by atoms with Crippen molar-refractivity contribution in [1.82, 2.24) is 19.7 Å². The lowest BCUT2D eigenvalue weighted by atomic mass is 10.1. The summed E-state index contributed by atoms with van der Waals surface area (Å²) in [5, 5.41) is 2.95. The molecule has 0 aliphatic carbocycles. The van der Waals surface area contributed by atoms with Gasteiger partial charge >= 0.3 is 6.03 Å². The second-order valence-corrected chi connectivity index (χ2v) is 7.60. The zero-order valence-electron chi connectivity index (χ0n) is 16.2. The topological polar surface area (TPSA) is 51.7 Å². The molecule has 0 spiro atoms. The Hall–Kier alpha value is -2.58. The third-order valence-electron chi connectivity index (χ3n) is 5.43. The van der Waals surface area contributed by atoms with Crippen LogP contribution in [0.1, 0.15) is 16.7 Å². The number of piperazine rings is 1. The highest BCUT2D eigenvalue weighted by Gasteiger charge is 2.24. The number of pyridine rings is 1. The first kappa shape index (κ1) is 19.7.